The smallest absolute Gasteiger partial charge is 0.205 e. The third-order valence-corrected chi connectivity index (χ3v) is 4.16. The van der Waals surface area contributed by atoms with Crippen LogP contribution in [0.1, 0.15) is 5.56 Å². The Morgan fingerprint density at radius 2 is 1.24 bits per heavy atom. The molecule has 0 fully saturated rings. The van der Waals surface area contributed by atoms with Crippen molar-refractivity contribution in [2.24, 2.45) is 0 Å². The molecule has 110 valence electrons. The minimum Gasteiger partial charge on any atom is -0.504 e. The molecule has 0 unspecified atom stereocenters. The molecule has 3 aromatic rings. The van der Waals surface area contributed by atoms with Gasteiger partial charge in [0.05, 0.1) is 15.2 Å². The first-order valence-corrected chi connectivity index (χ1v) is 6.48. The molecule has 21 heavy (non-hydrogen) atoms. The van der Waals surface area contributed by atoms with Crippen molar-refractivity contribution >= 4 is 37.9 Å². The third kappa shape index (κ3) is 1.47. The van der Waals surface area contributed by atoms with Crippen LogP contribution in [0.15, 0.2) is 8.89 Å². The van der Waals surface area contributed by atoms with Crippen LogP contribution in [0.4, 0.5) is 0 Å². The number of halogens is 1. The molecule has 0 aliphatic rings. The highest BCUT2D eigenvalue weighted by Gasteiger charge is 2.28. The van der Waals surface area contributed by atoms with Crippen LogP contribution in [0, 0.1) is 6.92 Å². The summed E-state index contributed by atoms with van der Waals surface area (Å²) in [5.74, 6) is -3.79. The zero-order valence-corrected chi connectivity index (χ0v) is 12.1. The highest BCUT2D eigenvalue weighted by molar-refractivity contribution is 9.10. The van der Waals surface area contributed by atoms with Gasteiger partial charge in [-0.15, -0.1) is 0 Å². The molecule has 1 heterocycles. The number of hydrogen-bond donors (Lipinski definition) is 6. The quantitative estimate of drug-likeness (QED) is 0.269. The zero-order valence-electron chi connectivity index (χ0n) is 10.5. The Morgan fingerprint density at radius 1 is 0.667 bits per heavy atom. The summed E-state index contributed by atoms with van der Waals surface area (Å²) in [4.78, 5) is 0. The fraction of sp³-hybridized carbons (Fsp3) is 0.0769. The van der Waals surface area contributed by atoms with Crippen LogP contribution in [0.3, 0.4) is 0 Å². The van der Waals surface area contributed by atoms with Crippen molar-refractivity contribution in [1.29, 1.82) is 0 Å². The number of fused-ring (bicyclic) bond motifs is 3. The lowest BCUT2D eigenvalue weighted by Crippen LogP contribution is -1.81. The van der Waals surface area contributed by atoms with Crippen LogP contribution in [0.25, 0.3) is 21.9 Å². The molecule has 0 saturated heterocycles. The predicted octanol–water partition coefficient (Wildman–Crippen LogP) is 2.89. The molecule has 8 heteroatoms. The summed E-state index contributed by atoms with van der Waals surface area (Å²) in [6.07, 6.45) is 0. The Labute approximate surface area is 125 Å². The third-order valence-electron chi connectivity index (χ3n) is 3.39. The topological polar surface area (TPSA) is 135 Å². The number of aromatic hydroxyl groups is 6. The van der Waals surface area contributed by atoms with Crippen LogP contribution >= 0.6 is 15.9 Å². The molecular formula is C13H9BrO7. The summed E-state index contributed by atoms with van der Waals surface area (Å²) < 4.78 is 5.21. The molecule has 0 bridgehead atoms. The first-order valence-electron chi connectivity index (χ1n) is 5.69. The second kappa shape index (κ2) is 4.01. The van der Waals surface area contributed by atoms with Crippen molar-refractivity contribution in [3.8, 4) is 34.5 Å². The maximum Gasteiger partial charge on any atom is 0.205 e. The van der Waals surface area contributed by atoms with E-state index in [4.69, 9.17) is 4.42 Å². The van der Waals surface area contributed by atoms with Crippen LogP contribution in [0.5, 0.6) is 34.5 Å². The zero-order chi connectivity index (χ0) is 15.6. The molecule has 0 spiro atoms. The van der Waals surface area contributed by atoms with Crippen LogP contribution < -0.4 is 0 Å². The number of rotatable bonds is 0. The molecule has 0 amide bonds. The van der Waals surface area contributed by atoms with E-state index in [1.807, 2.05) is 0 Å². The van der Waals surface area contributed by atoms with Crippen molar-refractivity contribution in [1.82, 2.24) is 0 Å². The van der Waals surface area contributed by atoms with Crippen molar-refractivity contribution in [2.75, 3.05) is 0 Å². The van der Waals surface area contributed by atoms with E-state index in [0.29, 0.717) is 0 Å². The number of phenols is 6. The van der Waals surface area contributed by atoms with E-state index in [0.717, 1.165) is 0 Å². The van der Waals surface area contributed by atoms with Gasteiger partial charge in [-0.1, -0.05) is 0 Å². The molecule has 0 radical (unpaired) electrons. The van der Waals surface area contributed by atoms with Crippen LogP contribution in [0.2, 0.25) is 0 Å². The second-order valence-corrected chi connectivity index (χ2v) is 5.33. The molecule has 6 N–H and O–H groups in total. The molecule has 2 aromatic carbocycles. The van der Waals surface area contributed by atoms with E-state index in [-0.39, 0.29) is 32.0 Å². The average Bonchev–Trinajstić information content (AvgIpc) is 2.87. The van der Waals surface area contributed by atoms with Gasteiger partial charge in [-0.2, -0.15) is 0 Å². The Hall–Kier alpha value is -2.48. The summed E-state index contributed by atoms with van der Waals surface area (Å²) in [6.45, 7) is 1.36. The van der Waals surface area contributed by atoms with E-state index >= 15 is 0 Å². The largest absolute Gasteiger partial charge is 0.504 e. The number of furan rings is 1. The first kappa shape index (κ1) is 13.5. The van der Waals surface area contributed by atoms with E-state index in [1.165, 1.54) is 6.92 Å². The lowest BCUT2D eigenvalue weighted by molar-refractivity contribution is 0.366. The van der Waals surface area contributed by atoms with Gasteiger partial charge in [0.25, 0.3) is 0 Å². The Morgan fingerprint density at radius 3 is 1.86 bits per heavy atom. The average molecular weight is 357 g/mol. The molecule has 3 rings (SSSR count). The fourth-order valence-electron chi connectivity index (χ4n) is 2.22. The molecule has 0 atom stereocenters. The van der Waals surface area contributed by atoms with Gasteiger partial charge in [0.1, 0.15) is 0 Å². The Kier molecular flexibility index (Phi) is 2.58. The molecular weight excluding hydrogens is 348 g/mol. The first-order chi connectivity index (χ1) is 9.77. The van der Waals surface area contributed by atoms with E-state index in [2.05, 4.69) is 15.9 Å². The Balaban J connectivity index is 2.73. The highest BCUT2D eigenvalue weighted by Crippen LogP contribution is 2.55. The van der Waals surface area contributed by atoms with Gasteiger partial charge in [-0.3, -0.25) is 0 Å². The molecule has 7 nitrogen and oxygen atoms in total. The van der Waals surface area contributed by atoms with E-state index in [9.17, 15) is 30.6 Å². The monoisotopic (exact) mass is 356 g/mol. The van der Waals surface area contributed by atoms with Gasteiger partial charge in [0.2, 0.25) is 11.5 Å². The van der Waals surface area contributed by atoms with Crippen molar-refractivity contribution in [2.45, 2.75) is 6.92 Å². The molecule has 1 aromatic heterocycles. The van der Waals surface area contributed by atoms with Gasteiger partial charge in [0, 0.05) is 5.56 Å². The molecule has 0 aliphatic heterocycles. The lowest BCUT2D eigenvalue weighted by Gasteiger charge is -2.06. The van der Waals surface area contributed by atoms with Crippen LogP contribution in [-0.4, -0.2) is 30.6 Å². The summed E-state index contributed by atoms with van der Waals surface area (Å²) in [7, 11) is 0. The maximum absolute atomic E-state index is 10.1. The minimum atomic E-state index is -0.812. The van der Waals surface area contributed by atoms with Crippen molar-refractivity contribution < 1.29 is 35.1 Å². The minimum absolute atomic E-state index is 0.000833. The maximum atomic E-state index is 10.1. The predicted molar refractivity (Wildman–Crippen MR) is 76.1 cm³/mol. The van der Waals surface area contributed by atoms with Gasteiger partial charge >= 0.3 is 0 Å². The Bertz CT molecular complexity index is 852. The summed E-state index contributed by atoms with van der Waals surface area (Å²) >= 11 is 3.01. The second-order valence-electron chi connectivity index (χ2n) is 4.54. The highest BCUT2D eigenvalue weighted by atomic mass is 79.9. The van der Waals surface area contributed by atoms with Gasteiger partial charge in [-0.25, -0.2) is 0 Å². The summed E-state index contributed by atoms with van der Waals surface area (Å²) in [5.41, 5.74) is -0.468. The molecule has 0 saturated carbocycles. The van der Waals surface area contributed by atoms with Crippen molar-refractivity contribution in [3.05, 3.63) is 10.0 Å². The van der Waals surface area contributed by atoms with E-state index < -0.39 is 34.5 Å². The van der Waals surface area contributed by atoms with Gasteiger partial charge in [-0.05, 0) is 22.9 Å². The molecule has 0 aliphatic carbocycles. The van der Waals surface area contributed by atoms with E-state index in [1.54, 1.807) is 0 Å². The van der Waals surface area contributed by atoms with Gasteiger partial charge in [0.15, 0.2) is 34.2 Å². The summed E-state index contributed by atoms with van der Waals surface area (Å²) in [5, 5.41) is 58.9. The number of phenolic OH excluding ortho intramolecular Hbond substituents is 6. The lowest BCUT2D eigenvalue weighted by atomic mass is 10.1. The van der Waals surface area contributed by atoms with Crippen LogP contribution in [-0.2, 0) is 0 Å². The normalized spacial score (nSPS) is 11.5. The standard InChI is InChI=1S/C13H9BrO7/c1-2-6(15)8(17)4-3-5(14)9(18)10(19)11(20)12(3)21-13(4)7(2)16/h15-20H,1H3. The SMILES string of the molecule is Cc1c(O)c(O)c2c(oc3c(O)c(O)c(O)c(Br)c32)c1O. The summed E-state index contributed by atoms with van der Waals surface area (Å²) in [6, 6.07) is 0. The van der Waals surface area contributed by atoms with Crippen molar-refractivity contribution in [3.63, 3.8) is 0 Å². The van der Waals surface area contributed by atoms with Gasteiger partial charge < -0.3 is 35.1 Å². The number of hydrogen-bond acceptors (Lipinski definition) is 7. The number of benzene rings is 2. The fourth-order valence-corrected chi connectivity index (χ4v) is 2.79.